The lowest BCUT2D eigenvalue weighted by Crippen LogP contribution is -2.34. The lowest BCUT2D eigenvalue weighted by atomic mass is 10.0. The van der Waals surface area contributed by atoms with Crippen molar-refractivity contribution in [1.82, 2.24) is 4.90 Å². The number of likely N-dealkylation sites (tertiary alicyclic amines) is 1. The van der Waals surface area contributed by atoms with Gasteiger partial charge in [0, 0.05) is 37.1 Å². The minimum Gasteiger partial charge on any atom is -0.457 e. The quantitative estimate of drug-likeness (QED) is 0.614. The Kier molecular flexibility index (Phi) is 5.82. The van der Waals surface area contributed by atoms with Gasteiger partial charge in [0.05, 0.1) is 6.42 Å². The van der Waals surface area contributed by atoms with Crippen LogP contribution in [-0.4, -0.2) is 43.5 Å². The highest BCUT2D eigenvalue weighted by Gasteiger charge is 2.39. The van der Waals surface area contributed by atoms with Gasteiger partial charge in [-0.1, -0.05) is 30.3 Å². The lowest BCUT2D eigenvalue weighted by Gasteiger charge is -2.26. The molecule has 2 heterocycles. The molecule has 3 aromatic carbocycles. The van der Waals surface area contributed by atoms with Crippen LogP contribution in [0.5, 0.6) is 11.5 Å². The molecule has 3 aromatic rings. The molecule has 1 amide bonds. The Balaban J connectivity index is 1.18. The molecule has 2 aliphatic heterocycles. The maximum Gasteiger partial charge on any atom is 0.228 e. The van der Waals surface area contributed by atoms with E-state index in [-0.39, 0.29) is 5.91 Å². The van der Waals surface area contributed by atoms with E-state index in [1.165, 1.54) is 18.7 Å². The lowest BCUT2D eigenvalue weighted by molar-refractivity contribution is -0.115. The van der Waals surface area contributed by atoms with Crippen LogP contribution in [0, 0.1) is 5.92 Å². The Morgan fingerprint density at radius 1 is 0.969 bits per heavy atom. The Morgan fingerprint density at radius 3 is 2.56 bits per heavy atom. The highest BCUT2D eigenvalue weighted by Crippen LogP contribution is 2.34. The van der Waals surface area contributed by atoms with Gasteiger partial charge in [-0.3, -0.25) is 4.79 Å². The Hall–Kier alpha value is -3.31. The van der Waals surface area contributed by atoms with E-state index in [1.54, 1.807) is 0 Å². The summed E-state index contributed by atoms with van der Waals surface area (Å²) in [6, 6.07) is 26.2. The van der Waals surface area contributed by atoms with Gasteiger partial charge in [0.15, 0.2) is 0 Å². The number of rotatable bonds is 6. The monoisotopic (exact) mass is 427 g/mol. The number of ether oxygens (including phenoxy) is 1. The van der Waals surface area contributed by atoms with E-state index in [2.05, 4.69) is 34.3 Å². The van der Waals surface area contributed by atoms with Crippen molar-refractivity contribution in [3.05, 3.63) is 84.4 Å². The number of amides is 1. The SMILES string of the molecule is CN1C[C@@H]2CCN(c3ccc(NC(=O)Cc4cccc(Oc5ccccc5)c4)cc3)[C@@H]2C1. The summed E-state index contributed by atoms with van der Waals surface area (Å²) in [7, 11) is 2.21. The second-order valence-corrected chi connectivity index (χ2v) is 8.87. The highest BCUT2D eigenvalue weighted by atomic mass is 16.5. The number of fused-ring (bicyclic) bond motifs is 1. The second kappa shape index (κ2) is 9.05. The molecule has 2 atom stereocenters. The third-order valence-electron chi connectivity index (χ3n) is 6.45. The summed E-state index contributed by atoms with van der Waals surface area (Å²) in [6.07, 6.45) is 1.57. The van der Waals surface area contributed by atoms with Crippen molar-refractivity contribution in [1.29, 1.82) is 0 Å². The molecule has 164 valence electrons. The van der Waals surface area contributed by atoms with E-state index in [0.717, 1.165) is 41.8 Å². The van der Waals surface area contributed by atoms with Crippen LogP contribution in [0.15, 0.2) is 78.9 Å². The zero-order chi connectivity index (χ0) is 21.9. The third kappa shape index (κ3) is 4.63. The molecule has 0 spiro atoms. The first-order chi connectivity index (χ1) is 15.6. The van der Waals surface area contributed by atoms with Crippen molar-refractivity contribution in [2.24, 2.45) is 5.92 Å². The Labute approximate surface area is 189 Å². The predicted octanol–water partition coefficient (Wildman–Crippen LogP) is 4.80. The summed E-state index contributed by atoms with van der Waals surface area (Å²) in [5.74, 6) is 2.25. The van der Waals surface area contributed by atoms with Crippen LogP contribution >= 0.6 is 0 Å². The van der Waals surface area contributed by atoms with Crippen molar-refractivity contribution in [3.63, 3.8) is 0 Å². The summed E-state index contributed by atoms with van der Waals surface area (Å²) in [5.41, 5.74) is 2.99. The first-order valence-electron chi connectivity index (χ1n) is 11.3. The fraction of sp³-hybridized carbons (Fsp3) is 0.296. The number of nitrogens with zero attached hydrogens (tertiary/aromatic N) is 2. The van der Waals surface area contributed by atoms with Crippen LogP contribution in [0.1, 0.15) is 12.0 Å². The van der Waals surface area contributed by atoms with Crippen LogP contribution in [0.25, 0.3) is 0 Å². The van der Waals surface area contributed by atoms with Gasteiger partial charge in [-0.25, -0.2) is 0 Å². The molecule has 0 unspecified atom stereocenters. The third-order valence-corrected chi connectivity index (χ3v) is 6.45. The number of likely N-dealkylation sites (N-methyl/N-ethyl adjacent to an activating group) is 1. The summed E-state index contributed by atoms with van der Waals surface area (Å²) in [4.78, 5) is 17.6. The summed E-state index contributed by atoms with van der Waals surface area (Å²) < 4.78 is 5.88. The Morgan fingerprint density at radius 2 is 1.75 bits per heavy atom. The van der Waals surface area contributed by atoms with Crippen molar-refractivity contribution < 1.29 is 9.53 Å². The highest BCUT2D eigenvalue weighted by molar-refractivity contribution is 5.92. The summed E-state index contributed by atoms with van der Waals surface area (Å²) in [6.45, 7) is 3.46. The number of hydrogen-bond acceptors (Lipinski definition) is 4. The van der Waals surface area contributed by atoms with Crippen LogP contribution in [0.4, 0.5) is 11.4 Å². The van der Waals surface area contributed by atoms with Gasteiger partial charge in [-0.2, -0.15) is 0 Å². The summed E-state index contributed by atoms with van der Waals surface area (Å²) in [5, 5.41) is 3.02. The second-order valence-electron chi connectivity index (χ2n) is 8.87. The number of hydrogen-bond donors (Lipinski definition) is 1. The molecule has 2 fully saturated rings. The molecular weight excluding hydrogens is 398 g/mol. The largest absolute Gasteiger partial charge is 0.457 e. The molecule has 5 nitrogen and oxygen atoms in total. The molecular formula is C27H29N3O2. The molecule has 1 N–H and O–H groups in total. The molecule has 2 saturated heterocycles. The maximum atomic E-state index is 12.6. The molecule has 0 radical (unpaired) electrons. The van der Waals surface area contributed by atoms with Gasteiger partial charge in [0.2, 0.25) is 5.91 Å². The number of benzene rings is 3. The molecule has 0 bridgehead atoms. The molecule has 5 rings (SSSR count). The molecule has 32 heavy (non-hydrogen) atoms. The van der Waals surface area contributed by atoms with Crippen molar-refractivity contribution in [3.8, 4) is 11.5 Å². The van der Waals surface area contributed by atoms with Crippen LogP contribution < -0.4 is 15.0 Å². The molecule has 5 heteroatoms. The normalized spacial score (nSPS) is 20.2. The molecule has 2 aliphatic rings. The minimum absolute atomic E-state index is 0.0340. The average molecular weight is 428 g/mol. The van der Waals surface area contributed by atoms with Crippen LogP contribution in [0.3, 0.4) is 0 Å². The van der Waals surface area contributed by atoms with Crippen molar-refractivity contribution >= 4 is 17.3 Å². The van der Waals surface area contributed by atoms with E-state index in [4.69, 9.17) is 4.74 Å². The smallest absolute Gasteiger partial charge is 0.228 e. The van der Waals surface area contributed by atoms with Gasteiger partial charge >= 0.3 is 0 Å². The van der Waals surface area contributed by atoms with E-state index < -0.39 is 0 Å². The van der Waals surface area contributed by atoms with Gasteiger partial charge in [-0.15, -0.1) is 0 Å². The number of carbonyl (C=O) groups is 1. The first kappa shape index (κ1) is 20.6. The van der Waals surface area contributed by atoms with Gasteiger partial charge in [-0.05, 0) is 73.5 Å². The van der Waals surface area contributed by atoms with E-state index in [0.29, 0.717) is 12.5 Å². The molecule has 0 saturated carbocycles. The fourth-order valence-electron chi connectivity index (χ4n) is 4.96. The van der Waals surface area contributed by atoms with Gasteiger partial charge in [0.1, 0.15) is 11.5 Å². The predicted molar refractivity (Wildman–Crippen MR) is 128 cm³/mol. The number of anilines is 2. The molecule has 0 aliphatic carbocycles. The standard InChI is InChI=1S/C27H29N3O2/c1-29-18-21-14-15-30(26(21)19-29)23-12-10-22(11-13-23)28-27(31)17-20-6-5-9-25(16-20)32-24-7-3-2-4-8-24/h2-13,16,21,26H,14-15,17-19H2,1H3,(H,28,31)/t21-,26+/m0/s1. The van der Waals surface area contributed by atoms with E-state index >= 15 is 0 Å². The fourth-order valence-corrected chi connectivity index (χ4v) is 4.96. The average Bonchev–Trinajstić information content (AvgIpc) is 3.34. The van der Waals surface area contributed by atoms with Crippen molar-refractivity contribution in [2.75, 3.05) is 36.9 Å². The summed E-state index contributed by atoms with van der Waals surface area (Å²) >= 11 is 0. The Bertz CT molecular complexity index is 1070. The maximum absolute atomic E-state index is 12.6. The van der Waals surface area contributed by atoms with E-state index in [9.17, 15) is 4.79 Å². The number of para-hydroxylation sites is 1. The topological polar surface area (TPSA) is 44.8 Å². The number of nitrogens with one attached hydrogen (secondary N) is 1. The van der Waals surface area contributed by atoms with Gasteiger partial charge < -0.3 is 19.9 Å². The van der Waals surface area contributed by atoms with Crippen LogP contribution in [0.2, 0.25) is 0 Å². The van der Waals surface area contributed by atoms with Crippen LogP contribution in [-0.2, 0) is 11.2 Å². The number of carbonyl (C=O) groups excluding carboxylic acids is 1. The zero-order valence-electron chi connectivity index (χ0n) is 18.4. The zero-order valence-corrected chi connectivity index (χ0v) is 18.4. The van der Waals surface area contributed by atoms with E-state index in [1.807, 2.05) is 66.7 Å². The first-order valence-corrected chi connectivity index (χ1v) is 11.3. The van der Waals surface area contributed by atoms with Crippen molar-refractivity contribution in [2.45, 2.75) is 18.9 Å². The molecule has 0 aromatic heterocycles. The van der Waals surface area contributed by atoms with Gasteiger partial charge in [0.25, 0.3) is 0 Å². The minimum atomic E-state index is -0.0340.